The molecule has 0 fully saturated rings. The van der Waals surface area contributed by atoms with Crippen molar-refractivity contribution in [2.24, 2.45) is 0 Å². The maximum atomic E-state index is 12.6. The van der Waals surface area contributed by atoms with Gasteiger partial charge in [-0.05, 0) is 57.9 Å². The van der Waals surface area contributed by atoms with Crippen molar-refractivity contribution < 1.29 is 14.3 Å². The monoisotopic (exact) mass is 439 g/mol. The summed E-state index contributed by atoms with van der Waals surface area (Å²) in [6.45, 7) is 0.348. The summed E-state index contributed by atoms with van der Waals surface area (Å²) >= 11 is 3.37. The number of nitrogens with one attached hydrogen (secondary N) is 2. The third kappa shape index (κ3) is 4.75. The van der Waals surface area contributed by atoms with Gasteiger partial charge in [0.15, 0.2) is 0 Å². The largest absolute Gasteiger partial charge is 0.496 e. The number of carbonyl (C=O) groups is 2. The fourth-order valence-corrected chi connectivity index (χ4v) is 3.11. The molecule has 3 aromatic rings. The first-order chi connectivity index (χ1) is 13.6. The molecular formula is C21H18BrN3O3. The van der Waals surface area contributed by atoms with Crippen LogP contribution in [0.1, 0.15) is 26.3 Å². The smallest absolute Gasteiger partial charge is 0.255 e. The number of amides is 2. The molecule has 7 heteroatoms. The van der Waals surface area contributed by atoms with Gasteiger partial charge in [0.05, 0.1) is 22.8 Å². The molecule has 0 aliphatic rings. The zero-order valence-corrected chi connectivity index (χ0v) is 16.7. The Morgan fingerprint density at radius 3 is 2.61 bits per heavy atom. The Morgan fingerprint density at radius 2 is 1.89 bits per heavy atom. The number of methoxy groups -OCH3 is 1. The van der Waals surface area contributed by atoms with Crippen LogP contribution in [0, 0.1) is 0 Å². The summed E-state index contributed by atoms with van der Waals surface area (Å²) in [6.07, 6.45) is 3.36. The number of pyridine rings is 1. The van der Waals surface area contributed by atoms with Crippen molar-refractivity contribution in [3.63, 3.8) is 0 Å². The molecule has 1 heterocycles. The fourth-order valence-electron chi connectivity index (χ4n) is 2.57. The molecule has 0 unspecified atom stereocenters. The molecule has 0 aliphatic carbocycles. The van der Waals surface area contributed by atoms with Gasteiger partial charge in [0.1, 0.15) is 5.75 Å². The minimum atomic E-state index is -0.323. The van der Waals surface area contributed by atoms with E-state index in [-0.39, 0.29) is 11.8 Å². The molecule has 0 saturated carbocycles. The first-order valence-electron chi connectivity index (χ1n) is 8.49. The van der Waals surface area contributed by atoms with Crippen molar-refractivity contribution in [2.45, 2.75) is 6.54 Å². The maximum Gasteiger partial charge on any atom is 0.255 e. The van der Waals surface area contributed by atoms with Gasteiger partial charge in [-0.25, -0.2) is 0 Å². The quantitative estimate of drug-likeness (QED) is 0.607. The van der Waals surface area contributed by atoms with Crippen LogP contribution in [-0.4, -0.2) is 23.9 Å². The number of aromatic nitrogens is 1. The number of nitrogens with zero attached hydrogens (tertiary/aromatic N) is 1. The van der Waals surface area contributed by atoms with Crippen LogP contribution in [0.3, 0.4) is 0 Å². The number of para-hydroxylation sites is 1. The van der Waals surface area contributed by atoms with Crippen LogP contribution < -0.4 is 15.4 Å². The Bertz CT molecular complexity index is 993. The minimum Gasteiger partial charge on any atom is -0.496 e. The molecule has 0 aliphatic heterocycles. The molecular weight excluding hydrogens is 422 g/mol. The average Bonchev–Trinajstić information content (AvgIpc) is 2.73. The van der Waals surface area contributed by atoms with E-state index in [0.717, 1.165) is 5.56 Å². The maximum absolute atomic E-state index is 12.6. The van der Waals surface area contributed by atoms with Crippen LogP contribution in [0.15, 0.2) is 71.5 Å². The summed E-state index contributed by atoms with van der Waals surface area (Å²) in [5.74, 6) is 0.0262. The van der Waals surface area contributed by atoms with E-state index >= 15 is 0 Å². The van der Waals surface area contributed by atoms with E-state index in [1.807, 2.05) is 12.1 Å². The Hall–Kier alpha value is -3.19. The second-order valence-electron chi connectivity index (χ2n) is 5.89. The zero-order chi connectivity index (χ0) is 19.9. The number of hydrogen-bond acceptors (Lipinski definition) is 4. The Balaban J connectivity index is 1.73. The van der Waals surface area contributed by atoms with Gasteiger partial charge in [-0.1, -0.05) is 18.2 Å². The number of benzene rings is 2. The van der Waals surface area contributed by atoms with E-state index in [0.29, 0.717) is 33.6 Å². The van der Waals surface area contributed by atoms with Gasteiger partial charge < -0.3 is 15.4 Å². The van der Waals surface area contributed by atoms with Gasteiger partial charge in [0.25, 0.3) is 11.8 Å². The highest BCUT2D eigenvalue weighted by Gasteiger charge is 2.15. The predicted molar refractivity (Wildman–Crippen MR) is 110 cm³/mol. The van der Waals surface area contributed by atoms with Crippen LogP contribution in [0.4, 0.5) is 5.69 Å². The van der Waals surface area contributed by atoms with Crippen LogP contribution in [0.2, 0.25) is 0 Å². The highest BCUT2D eigenvalue weighted by molar-refractivity contribution is 9.10. The van der Waals surface area contributed by atoms with Crippen molar-refractivity contribution in [2.75, 3.05) is 12.4 Å². The number of hydrogen-bond donors (Lipinski definition) is 2. The second-order valence-corrected chi connectivity index (χ2v) is 6.75. The molecule has 0 saturated heterocycles. The molecule has 0 atom stereocenters. The molecule has 0 spiro atoms. The molecule has 0 bridgehead atoms. The molecule has 28 heavy (non-hydrogen) atoms. The lowest BCUT2D eigenvalue weighted by Crippen LogP contribution is -2.25. The van der Waals surface area contributed by atoms with E-state index in [2.05, 4.69) is 31.5 Å². The van der Waals surface area contributed by atoms with E-state index in [9.17, 15) is 9.59 Å². The van der Waals surface area contributed by atoms with Gasteiger partial charge in [-0.2, -0.15) is 0 Å². The summed E-state index contributed by atoms with van der Waals surface area (Å²) < 4.78 is 5.85. The van der Waals surface area contributed by atoms with Crippen LogP contribution >= 0.6 is 15.9 Å². The number of halogens is 1. The Labute approximate surface area is 171 Å². The summed E-state index contributed by atoms with van der Waals surface area (Å²) in [4.78, 5) is 29.2. The number of carbonyl (C=O) groups excluding carboxylic acids is 2. The van der Waals surface area contributed by atoms with Crippen molar-refractivity contribution in [3.05, 3.63) is 88.2 Å². The molecule has 2 N–H and O–H groups in total. The first-order valence-corrected chi connectivity index (χ1v) is 9.29. The van der Waals surface area contributed by atoms with Crippen molar-refractivity contribution >= 4 is 33.4 Å². The number of anilines is 1. The highest BCUT2D eigenvalue weighted by atomic mass is 79.9. The van der Waals surface area contributed by atoms with Crippen molar-refractivity contribution in [1.82, 2.24) is 10.3 Å². The zero-order valence-electron chi connectivity index (χ0n) is 15.1. The Kier molecular flexibility index (Phi) is 6.39. The molecule has 1 aromatic heterocycles. The van der Waals surface area contributed by atoms with Crippen LogP contribution in [0.25, 0.3) is 0 Å². The van der Waals surface area contributed by atoms with Crippen molar-refractivity contribution in [1.29, 1.82) is 0 Å². The topological polar surface area (TPSA) is 80.3 Å². The SMILES string of the molecule is COc1ccc(C(=O)Nc2ccccc2C(=O)NCc2cccnc2)cc1Br. The standard InChI is InChI=1S/C21H18BrN3O3/c1-28-19-9-8-15(11-17(19)22)20(26)25-18-7-3-2-6-16(18)21(27)24-13-14-5-4-10-23-12-14/h2-12H,13H2,1H3,(H,24,27)(H,25,26). The number of rotatable bonds is 6. The number of ether oxygens (including phenoxy) is 1. The molecule has 2 amide bonds. The predicted octanol–water partition coefficient (Wildman–Crippen LogP) is 4.04. The van der Waals surface area contributed by atoms with Gasteiger partial charge in [0, 0.05) is 24.5 Å². The van der Waals surface area contributed by atoms with E-state index in [1.54, 1.807) is 62.0 Å². The molecule has 142 valence electrons. The Morgan fingerprint density at radius 1 is 1.07 bits per heavy atom. The van der Waals surface area contributed by atoms with Crippen LogP contribution in [0.5, 0.6) is 5.75 Å². The summed E-state index contributed by atoms with van der Waals surface area (Å²) in [5.41, 5.74) is 2.15. The lowest BCUT2D eigenvalue weighted by atomic mass is 10.1. The van der Waals surface area contributed by atoms with E-state index in [1.165, 1.54) is 0 Å². The summed E-state index contributed by atoms with van der Waals surface area (Å²) in [7, 11) is 1.56. The highest BCUT2D eigenvalue weighted by Crippen LogP contribution is 2.26. The van der Waals surface area contributed by atoms with Crippen LogP contribution in [-0.2, 0) is 6.54 Å². The summed E-state index contributed by atoms with van der Waals surface area (Å²) in [5, 5.41) is 5.64. The average molecular weight is 440 g/mol. The summed E-state index contributed by atoms with van der Waals surface area (Å²) in [6, 6.07) is 15.6. The molecule has 0 radical (unpaired) electrons. The van der Waals surface area contributed by atoms with Gasteiger partial charge in [0.2, 0.25) is 0 Å². The lowest BCUT2D eigenvalue weighted by molar-refractivity contribution is 0.0951. The van der Waals surface area contributed by atoms with Gasteiger partial charge in [-0.15, -0.1) is 0 Å². The third-order valence-corrected chi connectivity index (χ3v) is 4.63. The molecule has 6 nitrogen and oxygen atoms in total. The van der Waals surface area contributed by atoms with Crippen molar-refractivity contribution in [3.8, 4) is 5.75 Å². The lowest BCUT2D eigenvalue weighted by Gasteiger charge is -2.12. The normalized spacial score (nSPS) is 10.2. The van der Waals surface area contributed by atoms with Gasteiger partial charge in [-0.3, -0.25) is 14.6 Å². The minimum absolute atomic E-state index is 0.282. The van der Waals surface area contributed by atoms with E-state index in [4.69, 9.17) is 4.74 Å². The van der Waals surface area contributed by atoms with E-state index < -0.39 is 0 Å². The van der Waals surface area contributed by atoms with Gasteiger partial charge >= 0.3 is 0 Å². The second kappa shape index (κ2) is 9.14. The molecule has 2 aromatic carbocycles. The third-order valence-electron chi connectivity index (χ3n) is 4.01. The fraction of sp³-hybridized carbons (Fsp3) is 0.0952. The molecule has 3 rings (SSSR count). The first kappa shape index (κ1) is 19.6.